The van der Waals surface area contributed by atoms with Gasteiger partial charge >= 0.3 is 0 Å². The first-order chi connectivity index (χ1) is 7.68. The van der Waals surface area contributed by atoms with E-state index in [0.29, 0.717) is 5.56 Å². The van der Waals surface area contributed by atoms with E-state index in [1.807, 2.05) is 0 Å². The van der Waals surface area contributed by atoms with Gasteiger partial charge in [0.2, 0.25) is 0 Å². The third kappa shape index (κ3) is 2.04. The van der Waals surface area contributed by atoms with E-state index in [9.17, 15) is 13.9 Å². The second kappa shape index (κ2) is 4.32. The maximum atomic E-state index is 13.4. The summed E-state index contributed by atoms with van der Waals surface area (Å²) in [4.78, 5) is 0. The number of aliphatic hydroxyl groups is 1. The Bertz CT molecular complexity index is 491. The Morgan fingerprint density at radius 3 is 2.56 bits per heavy atom. The van der Waals surface area contributed by atoms with Crippen LogP contribution in [0.15, 0.2) is 36.7 Å². The van der Waals surface area contributed by atoms with Crippen molar-refractivity contribution >= 4 is 0 Å². The molecule has 0 amide bonds. The predicted octanol–water partition coefficient (Wildman–Crippen LogP) is 1.84. The van der Waals surface area contributed by atoms with Gasteiger partial charge in [-0.1, -0.05) is 6.07 Å². The lowest BCUT2D eigenvalue weighted by Crippen LogP contribution is -2.03. The topological polar surface area (TPSA) is 46.0 Å². The van der Waals surface area contributed by atoms with Crippen molar-refractivity contribution in [2.75, 3.05) is 0 Å². The molecular formula is C11H8F2N2O. The summed E-state index contributed by atoms with van der Waals surface area (Å²) >= 11 is 0. The summed E-state index contributed by atoms with van der Waals surface area (Å²) in [5, 5.41) is 16.9. The Labute approximate surface area is 90.4 Å². The average Bonchev–Trinajstić information content (AvgIpc) is 2.29. The summed E-state index contributed by atoms with van der Waals surface area (Å²) < 4.78 is 26.0. The molecular weight excluding hydrogens is 214 g/mol. The highest BCUT2D eigenvalue weighted by Gasteiger charge is 2.15. The smallest absolute Gasteiger partial charge is 0.132 e. The second-order valence-electron chi connectivity index (χ2n) is 3.24. The number of nitrogens with zero attached hydrogens (tertiary/aromatic N) is 2. The van der Waals surface area contributed by atoms with Crippen LogP contribution in [0, 0.1) is 11.6 Å². The van der Waals surface area contributed by atoms with Gasteiger partial charge in [0.05, 0.1) is 6.20 Å². The minimum absolute atomic E-state index is 0.00870. The van der Waals surface area contributed by atoms with Gasteiger partial charge in [-0.2, -0.15) is 10.2 Å². The molecule has 3 nitrogen and oxygen atoms in total. The lowest BCUT2D eigenvalue weighted by atomic mass is 10.0. The number of rotatable bonds is 2. The van der Waals surface area contributed by atoms with Crippen LogP contribution in [0.4, 0.5) is 8.78 Å². The lowest BCUT2D eigenvalue weighted by Gasteiger charge is -2.11. The molecule has 5 heteroatoms. The molecule has 1 unspecified atom stereocenters. The fraction of sp³-hybridized carbons (Fsp3) is 0.0909. The Morgan fingerprint density at radius 1 is 1.12 bits per heavy atom. The summed E-state index contributed by atoms with van der Waals surface area (Å²) in [6.07, 6.45) is 1.55. The van der Waals surface area contributed by atoms with E-state index in [1.165, 1.54) is 24.5 Å². The SMILES string of the molecule is OC(c1ccnnc1)c1ccc(F)cc1F. The predicted molar refractivity (Wildman–Crippen MR) is 52.5 cm³/mol. The van der Waals surface area contributed by atoms with Gasteiger partial charge in [-0.05, 0) is 12.1 Å². The summed E-state index contributed by atoms with van der Waals surface area (Å²) in [7, 11) is 0. The van der Waals surface area contributed by atoms with Crippen molar-refractivity contribution < 1.29 is 13.9 Å². The molecule has 1 atom stereocenters. The van der Waals surface area contributed by atoms with Gasteiger partial charge in [-0.15, -0.1) is 0 Å². The van der Waals surface area contributed by atoms with Crippen molar-refractivity contribution in [2.45, 2.75) is 6.10 Å². The molecule has 1 heterocycles. The molecule has 2 rings (SSSR count). The van der Waals surface area contributed by atoms with Gasteiger partial charge in [-0.25, -0.2) is 8.78 Å². The van der Waals surface area contributed by atoms with E-state index >= 15 is 0 Å². The molecule has 0 aliphatic rings. The van der Waals surface area contributed by atoms with E-state index in [1.54, 1.807) is 0 Å². The normalized spacial score (nSPS) is 12.4. The Morgan fingerprint density at radius 2 is 1.94 bits per heavy atom. The molecule has 0 bridgehead atoms. The third-order valence-electron chi connectivity index (χ3n) is 2.18. The molecule has 0 fully saturated rings. The van der Waals surface area contributed by atoms with Gasteiger partial charge in [-0.3, -0.25) is 0 Å². The van der Waals surface area contributed by atoms with Gasteiger partial charge < -0.3 is 5.11 Å². The highest BCUT2D eigenvalue weighted by atomic mass is 19.1. The maximum Gasteiger partial charge on any atom is 0.132 e. The Kier molecular flexibility index (Phi) is 2.87. The molecule has 1 aromatic carbocycles. The molecule has 0 radical (unpaired) electrons. The number of hydrogen-bond acceptors (Lipinski definition) is 3. The monoisotopic (exact) mass is 222 g/mol. The molecule has 0 spiro atoms. The van der Waals surface area contributed by atoms with Crippen LogP contribution in [-0.2, 0) is 0 Å². The van der Waals surface area contributed by atoms with E-state index in [4.69, 9.17) is 0 Å². The molecule has 1 aromatic heterocycles. The summed E-state index contributed by atoms with van der Waals surface area (Å²) in [6, 6.07) is 4.54. The number of hydrogen-bond donors (Lipinski definition) is 1. The molecule has 0 aliphatic carbocycles. The van der Waals surface area contributed by atoms with Crippen molar-refractivity contribution in [3.8, 4) is 0 Å². The van der Waals surface area contributed by atoms with Crippen LogP contribution in [0.5, 0.6) is 0 Å². The van der Waals surface area contributed by atoms with Gasteiger partial charge in [0, 0.05) is 23.4 Å². The standard InChI is InChI=1S/C11H8F2N2O/c12-8-1-2-9(10(13)5-8)11(16)7-3-4-14-15-6-7/h1-6,11,16H. The van der Waals surface area contributed by atoms with Gasteiger partial charge in [0.1, 0.15) is 17.7 Å². The zero-order chi connectivity index (χ0) is 11.5. The first-order valence-electron chi connectivity index (χ1n) is 4.58. The molecule has 2 aromatic rings. The first kappa shape index (κ1) is 10.6. The first-order valence-corrected chi connectivity index (χ1v) is 4.58. The Hall–Kier alpha value is -1.88. The number of halogens is 2. The average molecular weight is 222 g/mol. The van der Waals surface area contributed by atoms with Crippen molar-refractivity contribution in [1.82, 2.24) is 10.2 Å². The van der Waals surface area contributed by atoms with E-state index in [2.05, 4.69) is 10.2 Å². The van der Waals surface area contributed by atoms with Gasteiger partial charge in [0.15, 0.2) is 0 Å². The van der Waals surface area contributed by atoms with Crippen molar-refractivity contribution in [1.29, 1.82) is 0 Å². The summed E-state index contributed by atoms with van der Waals surface area (Å²) in [6.45, 7) is 0. The minimum Gasteiger partial charge on any atom is -0.383 e. The molecule has 1 N–H and O–H groups in total. The third-order valence-corrected chi connectivity index (χ3v) is 2.18. The zero-order valence-electron chi connectivity index (χ0n) is 8.14. The van der Waals surface area contributed by atoms with Crippen LogP contribution in [0.3, 0.4) is 0 Å². The quantitative estimate of drug-likeness (QED) is 0.843. The van der Waals surface area contributed by atoms with Crippen LogP contribution >= 0.6 is 0 Å². The molecule has 0 aliphatic heterocycles. The van der Waals surface area contributed by atoms with E-state index in [-0.39, 0.29) is 5.56 Å². The zero-order valence-corrected chi connectivity index (χ0v) is 8.14. The maximum absolute atomic E-state index is 13.4. The van der Waals surface area contributed by atoms with E-state index in [0.717, 1.165) is 12.1 Å². The van der Waals surface area contributed by atoms with E-state index < -0.39 is 17.7 Å². The number of aliphatic hydroxyl groups excluding tert-OH is 1. The van der Waals surface area contributed by atoms with Crippen molar-refractivity contribution in [3.63, 3.8) is 0 Å². The highest BCUT2D eigenvalue weighted by Crippen LogP contribution is 2.23. The summed E-state index contributed by atoms with van der Waals surface area (Å²) in [5.41, 5.74) is 0.412. The molecule has 0 saturated heterocycles. The Balaban J connectivity index is 2.38. The van der Waals surface area contributed by atoms with Crippen LogP contribution in [0.25, 0.3) is 0 Å². The largest absolute Gasteiger partial charge is 0.383 e. The van der Waals surface area contributed by atoms with Crippen LogP contribution < -0.4 is 0 Å². The number of aromatic nitrogens is 2. The molecule has 16 heavy (non-hydrogen) atoms. The minimum atomic E-state index is -1.17. The summed E-state index contributed by atoms with van der Waals surface area (Å²) in [5.74, 6) is -1.47. The second-order valence-corrected chi connectivity index (χ2v) is 3.24. The van der Waals surface area contributed by atoms with Crippen molar-refractivity contribution in [2.24, 2.45) is 0 Å². The fourth-order valence-electron chi connectivity index (χ4n) is 1.37. The lowest BCUT2D eigenvalue weighted by molar-refractivity contribution is 0.214. The fourth-order valence-corrected chi connectivity index (χ4v) is 1.37. The molecule has 82 valence electrons. The van der Waals surface area contributed by atoms with Gasteiger partial charge in [0.25, 0.3) is 0 Å². The van der Waals surface area contributed by atoms with Crippen molar-refractivity contribution in [3.05, 3.63) is 59.4 Å². The number of benzene rings is 1. The van der Waals surface area contributed by atoms with Crippen LogP contribution in [0.2, 0.25) is 0 Å². The highest BCUT2D eigenvalue weighted by molar-refractivity contribution is 5.28. The molecule has 0 saturated carbocycles. The van der Waals surface area contributed by atoms with Crippen LogP contribution in [-0.4, -0.2) is 15.3 Å². The van der Waals surface area contributed by atoms with Crippen LogP contribution in [0.1, 0.15) is 17.2 Å².